The minimum absolute atomic E-state index is 0.0365. The van der Waals surface area contributed by atoms with Gasteiger partial charge in [0.2, 0.25) is 0 Å². The summed E-state index contributed by atoms with van der Waals surface area (Å²) < 4.78 is 48.2. The van der Waals surface area contributed by atoms with Crippen LogP contribution in [0.5, 0.6) is 5.75 Å². The number of hydrogen-bond acceptors (Lipinski definition) is 3. The quantitative estimate of drug-likeness (QED) is 0.754. The smallest absolute Gasteiger partial charge is 0.416 e. The molecule has 0 aliphatic carbocycles. The van der Waals surface area contributed by atoms with E-state index in [-0.39, 0.29) is 11.4 Å². The van der Waals surface area contributed by atoms with Gasteiger partial charge in [0.15, 0.2) is 17.1 Å². The summed E-state index contributed by atoms with van der Waals surface area (Å²) in [5, 5.41) is 3.18. The predicted molar refractivity (Wildman–Crippen MR) is 82.2 cm³/mol. The van der Waals surface area contributed by atoms with Gasteiger partial charge in [-0.05, 0) is 36.4 Å². The molecule has 0 fully saturated rings. The van der Waals surface area contributed by atoms with Gasteiger partial charge in [-0.1, -0.05) is 12.1 Å². The monoisotopic (exact) mass is 335 g/mol. The Morgan fingerprint density at radius 3 is 2.46 bits per heavy atom. The third-order valence-corrected chi connectivity index (χ3v) is 3.42. The molecular weight excluding hydrogens is 323 g/mol. The average molecular weight is 335 g/mol. The van der Waals surface area contributed by atoms with E-state index < -0.39 is 17.6 Å². The molecule has 0 aliphatic rings. The Bertz CT molecular complexity index is 882. The second-order valence-corrected chi connectivity index (χ2v) is 5.02. The number of furan rings is 1. The van der Waals surface area contributed by atoms with Gasteiger partial charge in [0.25, 0.3) is 5.91 Å². The number of hydrogen-bond donors (Lipinski definition) is 1. The number of nitrogens with one attached hydrogen (secondary N) is 1. The molecule has 0 radical (unpaired) electrons. The van der Waals surface area contributed by atoms with Crippen LogP contribution in [0.2, 0.25) is 0 Å². The van der Waals surface area contributed by atoms with Crippen LogP contribution in [0, 0.1) is 0 Å². The molecule has 0 bridgehead atoms. The number of halogens is 3. The first-order valence-corrected chi connectivity index (χ1v) is 6.93. The molecule has 1 heterocycles. The largest absolute Gasteiger partial charge is 0.493 e. The van der Waals surface area contributed by atoms with Crippen molar-refractivity contribution in [1.29, 1.82) is 0 Å². The van der Waals surface area contributed by atoms with E-state index in [0.29, 0.717) is 16.7 Å². The lowest BCUT2D eigenvalue weighted by Crippen LogP contribution is -2.11. The summed E-state index contributed by atoms with van der Waals surface area (Å²) in [5.41, 5.74) is -0.119. The van der Waals surface area contributed by atoms with E-state index in [4.69, 9.17) is 9.15 Å². The van der Waals surface area contributed by atoms with Gasteiger partial charge < -0.3 is 14.5 Å². The number of fused-ring (bicyclic) bond motifs is 1. The Hall–Kier alpha value is -2.96. The maximum absolute atomic E-state index is 12.5. The van der Waals surface area contributed by atoms with Gasteiger partial charge in [0, 0.05) is 11.1 Å². The van der Waals surface area contributed by atoms with Gasteiger partial charge in [0.1, 0.15) is 0 Å². The highest BCUT2D eigenvalue weighted by molar-refractivity contribution is 6.05. The summed E-state index contributed by atoms with van der Waals surface area (Å²) >= 11 is 0. The minimum Gasteiger partial charge on any atom is -0.493 e. The van der Waals surface area contributed by atoms with Crippen molar-refractivity contribution >= 4 is 22.6 Å². The maximum Gasteiger partial charge on any atom is 0.416 e. The summed E-state index contributed by atoms with van der Waals surface area (Å²) in [5.74, 6) is -0.0384. The molecular formula is C17H12F3NO3. The number of rotatable bonds is 3. The Balaban J connectivity index is 1.82. The first-order valence-electron chi connectivity index (χ1n) is 6.93. The number of benzene rings is 2. The summed E-state index contributed by atoms with van der Waals surface area (Å²) in [6.07, 6.45) is -4.42. The number of carbonyl (C=O) groups excluding carboxylic acids is 1. The zero-order chi connectivity index (χ0) is 17.3. The highest BCUT2D eigenvalue weighted by Gasteiger charge is 2.30. The molecule has 124 valence electrons. The van der Waals surface area contributed by atoms with E-state index in [1.807, 2.05) is 0 Å². The normalized spacial score (nSPS) is 11.5. The van der Waals surface area contributed by atoms with Crippen molar-refractivity contribution in [2.45, 2.75) is 6.18 Å². The Labute approximate surface area is 134 Å². The van der Waals surface area contributed by atoms with Crippen LogP contribution in [0.15, 0.2) is 52.9 Å². The van der Waals surface area contributed by atoms with E-state index in [2.05, 4.69) is 5.32 Å². The first-order chi connectivity index (χ1) is 11.4. The van der Waals surface area contributed by atoms with Gasteiger partial charge in [-0.2, -0.15) is 13.2 Å². The number of para-hydroxylation sites is 1. The van der Waals surface area contributed by atoms with Crippen molar-refractivity contribution < 1.29 is 27.1 Å². The van der Waals surface area contributed by atoms with Crippen LogP contribution in [-0.4, -0.2) is 13.0 Å². The highest BCUT2D eigenvalue weighted by Crippen LogP contribution is 2.31. The summed E-state index contributed by atoms with van der Waals surface area (Å²) in [6, 6.07) is 10.9. The van der Waals surface area contributed by atoms with Crippen molar-refractivity contribution in [3.63, 3.8) is 0 Å². The van der Waals surface area contributed by atoms with Crippen LogP contribution >= 0.6 is 0 Å². The van der Waals surface area contributed by atoms with Gasteiger partial charge in [-0.3, -0.25) is 4.79 Å². The molecule has 0 unspecified atom stereocenters. The predicted octanol–water partition coefficient (Wildman–Crippen LogP) is 4.71. The van der Waals surface area contributed by atoms with Gasteiger partial charge in [-0.25, -0.2) is 0 Å². The fraction of sp³-hybridized carbons (Fsp3) is 0.118. The zero-order valence-corrected chi connectivity index (χ0v) is 12.5. The third kappa shape index (κ3) is 3.05. The van der Waals surface area contributed by atoms with Crippen molar-refractivity contribution in [3.05, 3.63) is 59.9 Å². The fourth-order valence-electron chi connectivity index (χ4n) is 2.24. The molecule has 0 aliphatic heterocycles. The Morgan fingerprint density at radius 1 is 1.12 bits per heavy atom. The molecule has 0 atom stereocenters. The molecule has 1 N–H and O–H groups in total. The average Bonchev–Trinajstić information content (AvgIpc) is 2.98. The molecule has 2 aromatic carbocycles. The van der Waals surface area contributed by atoms with Crippen molar-refractivity contribution in [2.24, 2.45) is 0 Å². The van der Waals surface area contributed by atoms with Gasteiger partial charge in [-0.15, -0.1) is 0 Å². The van der Waals surface area contributed by atoms with Crippen LogP contribution in [0.1, 0.15) is 16.1 Å². The number of alkyl halides is 3. The molecule has 3 rings (SSSR count). The summed E-state index contributed by atoms with van der Waals surface area (Å²) in [7, 11) is 1.49. The molecule has 4 nitrogen and oxygen atoms in total. The van der Waals surface area contributed by atoms with Crippen molar-refractivity contribution in [2.75, 3.05) is 12.4 Å². The zero-order valence-electron chi connectivity index (χ0n) is 12.5. The lowest BCUT2D eigenvalue weighted by atomic mass is 10.2. The number of methoxy groups -OCH3 is 1. The molecule has 3 aromatic rings. The topological polar surface area (TPSA) is 51.5 Å². The van der Waals surface area contributed by atoms with Crippen LogP contribution < -0.4 is 10.1 Å². The van der Waals surface area contributed by atoms with E-state index in [1.54, 1.807) is 18.2 Å². The molecule has 0 spiro atoms. The molecule has 1 aromatic heterocycles. The highest BCUT2D eigenvalue weighted by atomic mass is 19.4. The number of carbonyl (C=O) groups is 1. The van der Waals surface area contributed by atoms with E-state index >= 15 is 0 Å². The van der Waals surface area contributed by atoms with Crippen molar-refractivity contribution in [1.82, 2.24) is 0 Å². The fourth-order valence-corrected chi connectivity index (χ4v) is 2.24. The first kappa shape index (κ1) is 15.9. The number of anilines is 1. The number of amides is 1. The van der Waals surface area contributed by atoms with Crippen LogP contribution in [-0.2, 0) is 6.18 Å². The molecule has 0 saturated carbocycles. The Morgan fingerprint density at radius 2 is 1.83 bits per heavy atom. The van der Waals surface area contributed by atoms with Crippen LogP contribution in [0.3, 0.4) is 0 Å². The van der Waals surface area contributed by atoms with Gasteiger partial charge in [0.05, 0.1) is 12.7 Å². The Kier molecular flexibility index (Phi) is 3.92. The van der Waals surface area contributed by atoms with E-state index in [0.717, 1.165) is 12.1 Å². The van der Waals surface area contributed by atoms with Gasteiger partial charge >= 0.3 is 6.18 Å². The van der Waals surface area contributed by atoms with E-state index in [1.165, 1.54) is 25.3 Å². The second-order valence-electron chi connectivity index (χ2n) is 5.02. The van der Waals surface area contributed by atoms with Crippen molar-refractivity contribution in [3.8, 4) is 5.75 Å². The lowest BCUT2D eigenvalue weighted by Gasteiger charge is -2.08. The molecule has 0 saturated heterocycles. The SMILES string of the molecule is COc1cccc2cc(C(=O)Nc3ccc(C(F)(F)F)cc3)oc12. The van der Waals surface area contributed by atoms with E-state index in [9.17, 15) is 18.0 Å². The lowest BCUT2D eigenvalue weighted by molar-refractivity contribution is -0.137. The summed E-state index contributed by atoms with van der Waals surface area (Å²) in [4.78, 5) is 12.2. The second kappa shape index (κ2) is 5.92. The maximum atomic E-state index is 12.5. The number of ether oxygens (including phenoxy) is 1. The summed E-state index contributed by atoms with van der Waals surface area (Å²) in [6.45, 7) is 0. The van der Waals surface area contributed by atoms with Crippen LogP contribution in [0.25, 0.3) is 11.0 Å². The molecule has 7 heteroatoms. The molecule has 24 heavy (non-hydrogen) atoms. The molecule has 1 amide bonds. The van der Waals surface area contributed by atoms with Crippen LogP contribution in [0.4, 0.5) is 18.9 Å². The standard InChI is InChI=1S/C17H12F3NO3/c1-23-13-4-2-3-10-9-14(24-15(10)13)16(22)21-12-7-5-11(6-8-12)17(18,19)20/h2-9H,1H3,(H,21,22). The minimum atomic E-state index is -4.42. The third-order valence-electron chi connectivity index (χ3n) is 3.42.